The van der Waals surface area contributed by atoms with Crippen molar-refractivity contribution in [1.82, 2.24) is 68.5 Å². The van der Waals surface area contributed by atoms with Gasteiger partial charge in [-0.2, -0.15) is 0 Å². The van der Waals surface area contributed by atoms with Crippen LogP contribution in [0.25, 0.3) is 27.9 Å². The molecule has 2 aliphatic heterocycles. The Labute approximate surface area is 626 Å². The Morgan fingerprint density at radius 2 is 1.23 bits per heavy atom. The van der Waals surface area contributed by atoms with E-state index in [-0.39, 0.29) is 16.7 Å². The highest BCUT2D eigenvalue weighted by Crippen LogP contribution is 2.38. The molecule has 0 radical (unpaired) electrons. The lowest BCUT2D eigenvalue weighted by molar-refractivity contribution is -0.150. The molecule has 598 valence electrons. The van der Waals surface area contributed by atoms with Gasteiger partial charge in [-0.1, -0.05) is 68.8 Å². The monoisotopic (exact) mass is 1580 g/mol. The van der Waals surface area contributed by atoms with E-state index in [9.17, 15) is 103 Å². The number of esters is 1. The summed E-state index contributed by atoms with van der Waals surface area (Å²) in [6, 6.07) is -3.90. The van der Waals surface area contributed by atoms with E-state index in [1.165, 1.54) is 18.5 Å². The number of nitrogens with two attached hydrogens (primary N) is 1. The predicted molar refractivity (Wildman–Crippen MR) is 375 cm³/mol. The van der Waals surface area contributed by atoms with Crippen LogP contribution in [-0.2, 0) is 107 Å². The number of aliphatic hydroxyl groups excluding tert-OH is 1. The number of amides is 11. The fourth-order valence-corrected chi connectivity index (χ4v) is 12.1. The van der Waals surface area contributed by atoms with E-state index in [1.54, 1.807) is 49.4 Å². The van der Waals surface area contributed by atoms with Crippen LogP contribution in [-0.4, -0.2) is 238 Å². The van der Waals surface area contributed by atoms with E-state index in [4.69, 9.17) is 19.9 Å². The van der Waals surface area contributed by atoms with Crippen molar-refractivity contribution in [1.29, 1.82) is 0 Å². The van der Waals surface area contributed by atoms with Gasteiger partial charge in [-0.15, -0.1) is 0 Å². The number of carboxylic acids is 4. The maximum absolute atomic E-state index is 15.4. The molecule has 3 aromatic carbocycles. The molecule has 7 rings (SSSR count). The number of aromatic amines is 2. The number of phosphoric acid groups is 1. The molecule has 0 saturated carbocycles. The maximum atomic E-state index is 15.4. The predicted octanol–water partition coefficient (Wildman–Crippen LogP) is -4.69. The number of aromatic nitrogens is 2. The van der Waals surface area contributed by atoms with Gasteiger partial charge >= 0.3 is 37.7 Å². The highest BCUT2D eigenvalue weighted by atomic mass is 31.2. The zero-order valence-electron chi connectivity index (χ0n) is 59.0. The highest BCUT2D eigenvalue weighted by molar-refractivity contribution is 7.46. The fraction of sp³-hybridized carbons (Fsp3) is 0.403. The van der Waals surface area contributed by atoms with Gasteiger partial charge in [0.05, 0.1) is 51.5 Å². The molecule has 11 amide bonds. The number of aliphatic hydroxyl groups is 1. The zero-order chi connectivity index (χ0) is 81.7. The van der Waals surface area contributed by atoms with Crippen LogP contribution in [0.2, 0.25) is 0 Å². The first kappa shape index (κ1) is 86.0. The summed E-state index contributed by atoms with van der Waals surface area (Å²) in [6.45, 7) is 0.0264. The number of carboxylic acid groups (broad SMARTS) is 4. The lowest BCUT2D eigenvalue weighted by Gasteiger charge is -2.30. The number of phosphoric ester groups is 1. The van der Waals surface area contributed by atoms with Gasteiger partial charge in [0, 0.05) is 46.2 Å². The molecular weight excluding hydrogens is 1500 g/mol. The van der Waals surface area contributed by atoms with Crippen molar-refractivity contribution in [3.8, 4) is 5.75 Å². The number of aromatic hydroxyl groups is 1. The van der Waals surface area contributed by atoms with E-state index < -0.39 is 251 Å². The molecule has 0 bridgehead atoms. The Hall–Kier alpha value is -12.2. The number of aliphatic carboxylic acids is 4. The van der Waals surface area contributed by atoms with Gasteiger partial charge in [-0.3, -0.25) is 76.4 Å². The highest BCUT2D eigenvalue weighted by Gasteiger charge is 2.46. The smallest absolute Gasteiger partial charge is 0.470 e. The van der Waals surface area contributed by atoms with Crippen molar-refractivity contribution in [2.45, 2.75) is 145 Å². The Morgan fingerprint density at radius 1 is 0.667 bits per heavy atom. The van der Waals surface area contributed by atoms with Crippen LogP contribution in [0.4, 0.5) is 0 Å². The number of epoxide rings is 1. The summed E-state index contributed by atoms with van der Waals surface area (Å²) in [4.78, 5) is 255. The fourth-order valence-electron chi connectivity index (χ4n) is 11.6. The maximum Gasteiger partial charge on any atom is 0.470 e. The summed E-state index contributed by atoms with van der Waals surface area (Å²) in [5, 5.41) is 85.4. The molecule has 43 nitrogen and oxygen atoms in total. The van der Waals surface area contributed by atoms with Gasteiger partial charge in [0.1, 0.15) is 78.0 Å². The number of hydrogen-bond donors (Lipinski definition) is 22. The Morgan fingerprint density at radius 3 is 1.81 bits per heavy atom. The van der Waals surface area contributed by atoms with Crippen LogP contribution in [0.1, 0.15) is 82.0 Å². The van der Waals surface area contributed by atoms with Crippen LogP contribution in [0.15, 0.2) is 90.9 Å². The largest absolute Gasteiger partial charge is 0.508 e. The van der Waals surface area contributed by atoms with E-state index in [0.717, 1.165) is 44.2 Å². The lowest BCUT2D eigenvalue weighted by atomic mass is 9.96. The number of carbonyl (C=O) groups excluding carboxylic acids is 12. The zero-order valence-corrected chi connectivity index (χ0v) is 59.9. The van der Waals surface area contributed by atoms with E-state index in [2.05, 4.69) is 52.0 Å². The molecule has 2 saturated heterocycles. The van der Waals surface area contributed by atoms with Crippen molar-refractivity contribution in [2.24, 2.45) is 11.8 Å². The molecule has 2 fully saturated rings. The van der Waals surface area contributed by atoms with Gasteiger partial charge in [0.25, 0.3) is 5.91 Å². The first-order valence-corrected chi connectivity index (χ1v) is 35.3. The van der Waals surface area contributed by atoms with Gasteiger partial charge in [0.15, 0.2) is 6.10 Å². The molecule has 14 atom stereocenters. The van der Waals surface area contributed by atoms with E-state index in [0.29, 0.717) is 34.6 Å². The van der Waals surface area contributed by atoms with Gasteiger partial charge in [0.2, 0.25) is 59.1 Å². The van der Waals surface area contributed by atoms with Crippen molar-refractivity contribution < 1.29 is 141 Å². The second-order valence-electron chi connectivity index (χ2n) is 25.5. The molecule has 5 aromatic rings. The van der Waals surface area contributed by atoms with Gasteiger partial charge in [-0.25, -0.2) is 15.3 Å². The van der Waals surface area contributed by atoms with E-state index >= 15 is 19.2 Å². The Kier molecular flexibility index (Phi) is 30.4. The van der Waals surface area contributed by atoms with Crippen molar-refractivity contribution in [2.75, 3.05) is 19.8 Å². The topological polar surface area (TPSA) is 682 Å². The summed E-state index contributed by atoms with van der Waals surface area (Å²) >= 11 is 0. The Bertz CT molecular complexity index is 4430. The first-order chi connectivity index (χ1) is 52.5. The number of fused-ring (bicyclic) bond motifs is 2. The average molecular weight is 1580 g/mol. The van der Waals surface area contributed by atoms with E-state index in [1.807, 2.05) is 21.3 Å². The third-order valence-corrected chi connectivity index (χ3v) is 17.6. The van der Waals surface area contributed by atoms with Crippen LogP contribution in [0.5, 0.6) is 5.75 Å². The summed E-state index contributed by atoms with van der Waals surface area (Å²) < 4.78 is 28.5. The SMILES string of the molecule is CCCC1OC1C(=O)N[C@@H](CO)C(=O)N[C@H]1C(=O)N[C@H](Cc2c[nH]c3ccccc23)C(=O)N[C@@H](CC(=O)O)C(=O)N[C@@H](CC(=O)O)C(=O)N[C@H](c2ccc(O)cc2)C(=O)N[C@@H](CC(=O)O)C(=O)NCC(=O)N[C@H]([C@@H](CON)OP(=O)(O)O)C(=O)N[C@@H](C(C)CC(=O)O)C(=O)N/C(=C/c2c[nH]c3ccccc23)C(=O)O[C@H]1C. The molecule has 111 heavy (non-hydrogen) atoms. The number of phenols is 1. The average Bonchev–Trinajstić information content (AvgIpc) is 1.78. The van der Waals surface area contributed by atoms with Gasteiger partial charge < -0.3 is 123 Å². The molecule has 0 spiro atoms. The molecular formula is C67H81N14O29P. The molecule has 3 unspecified atom stereocenters. The third-order valence-electron chi connectivity index (χ3n) is 17.1. The molecule has 4 heterocycles. The summed E-state index contributed by atoms with van der Waals surface area (Å²) in [5.74, 6) is -22.0. The molecule has 23 N–H and O–H groups in total. The number of nitrogens with one attached hydrogen (secondary N) is 13. The summed E-state index contributed by atoms with van der Waals surface area (Å²) in [7, 11) is -5.83. The summed E-state index contributed by atoms with van der Waals surface area (Å²) in [6.07, 6.45) is -7.42. The minimum atomic E-state index is -5.83. The Balaban J connectivity index is 1.41. The van der Waals surface area contributed by atoms with Crippen LogP contribution in [0, 0.1) is 5.92 Å². The first-order valence-electron chi connectivity index (χ1n) is 33.8. The number of H-pyrrole nitrogens is 2. The quantitative estimate of drug-likeness (QED) is 0.00858. The van der Waals surface area contributed by atoms with Crippen LogP contribution >= 0.6 is 7.82 Å². The number of benzene rings is 3. The number of phenolic OH excluding ortho intramolecular Hbond substituents is 1. The number of rotatable bonds is 25. The van der Waals surface area contributed by atoms with Crippen molar-refractivity contribution in [3.05, 3.63) is 108 Å². The molecule has 0 aliphatic carbocycles. The number of carbonyl (C=O) groups is 16. The number of ether oxygens (including phenoxy) is 2. The third kappa shape index (κ3) is 24.9. The second kappa shape index (κ2) is 39.2. The second-order valence-corrected chi connectivity index (χ2v) is 26.7. The number of para-hydroxylation sites is 2. The minimum absolute atomic E-state index is 0.0630. The molecule has 2 aliphatic rings. The van der Waals surface area contributed by atoms with Crippen molar-refractivity contribution >= 4 is 131 Å². The molecule has 44 heteroatoms. The normalized spacial score (nSPS) is 23.8. The number of hydrogen-bond acceptors (Lipinski definition) is 24. The standard InChI is InChI=1S/C67H81N14O29P/c1-4-9-45-56(109-45)66(102)77-44(27-82)61(97)80-53-30(3)108-67(103)43(20-33-25-70-38-13-8-6-11-36(33)38)76-62(98)52(29(2)18-48(85)86)79-65(101)55(46(28-107-68)110-111(104,105)106)78-47(84)26-71-57(93)40(21-49(87)88)75-64(100)54(31-14-16-34(83)17-15-31)81-60(96)42(23-51(91)92)73-59(95)41(22-50(89)90)72-58(94)39(74-63(53)99)19-32-24-69-37-12-7-5-10-35(32)37/h5-8,10-17,20,24-25,29-30,39-42,44-46,52-56,69-70,82-83H,4,9,18-19,21-23,26-28,68H2,1-3H3,(H,71,93)(H,72,94)(H,73,95)(H,74,99)(H,75,100)(H,76,98)(H,77,102)(H,78,84)(H,79,101)(H,80,97)(H,81,96)(H,85,86)(H,87,88)(H,89,90)(H,91,92)(H2,104,105,106)/b43-20+/t29?,30-,39+,40-,41-,42-,44-,45?,46+,52-,53+,54+,55+,56?/m0/s1. The van der Waals surface area contributed by atoms with Crippen LogP contribution in [0.3, 0.4) is 0 Å². The lowest BCUT2D eigenvalue weighted by Crippen LogP contribution is -2.62. The van der Waals surface area contributed by atoms with Crippen LogP contribution < -0.4 is 64.4 Å². The van der Waals surface area contributed by atoms with Gasteiger partial charge in [-0.05, 0) is 60.7 Å². The summed E-state index contributed by atoms with van der Waals surface area (Å²) in [5.41, 5.74) is -0.169. The minimum Gasteiger partial charge on any atom is -0.508 e. The van der Waals surface area contributed by atoms with Crippen molar-refractivity contribution in [3.63, 3.8) is 0 Å². The number of cyclic esters (lactones) is 1. The molecule has 2 aromatic heterocycles.